The molecule has 0 amide bonds. The van der Waals surface area contributed by atoms with Crippen molar-refractivity contribution in [2.45, 2.75) is 20.3 Å². The molecular weight excluding hydrogens is 140 g/mol. The van der Waals surface area contributed by atoms with Crippen LogP contribution in [0.5, 0.6) is 0 Å². The van der Waals surface area contributed by atoms with E-state index in [-0.39, 0.29) is 5.97 Å². The second-order valence-electron chi connectivity index (χ2n) is 2.03. The molecule has 0 spiro atoms. The molecule has 11 heavy (non-hydrogen) atoms. The molecule has 2 nitrogen and oxygen atoms in total. The van der Waals surface area contributed by atoms with E-state index in [9.17, 15) is 4.79 Å². The van der Waals surface area contributed by atoms with Crippen LogP contribution in [-0.4, -0.2) is 12.6 Å². The average Bonchev–Trinajstić information content (AvgIpc) is 2.01. The van der Waals surface area contributed by atoms with Crippen molar-refractivity contribution in [1.82, 2.24) is 0 Å². The fourth-order valence-electron chi connectivity index (χ4n) is 0.510. The zero-order valence-corrected chi connectivity index (χ0v) is 7.04. The highest BCUT2D eigenvalue weighted by atomic mass is 16.5. The van der Waals surface area contributed by atoms with Crippen LogP contribution in [0.4, 0.5) is 0 Å². The molecule has 0 saturated carbocycles. The van der Waals surface area contributed by atoms with Crippen molar-refractivity contribution >= 4 is 5.97 Å². The lowest BCUT2D eigenvalue weighted by Gasteiger charge is -1.96. The number of esters is 1. The first-order chi connectivity index (χ1) is 5.31. The molecule has 0 aliphatic heterocycles. The summed E-state index contributed by atoms with van der Waals surface area (Å²) in [7, 11) is 0. The minimum atomic E-state index is -0.179. The zero-order valence-electron chi connectivity index (χ0n) is 7.04. The Morgan fingerprint density at radius 3 is 2.45 bits per heavy atom. The maximum Gasteiger partial charge on any atom is 0.309 e. The topological polar surface area (TPSA) is 26.3 Å². The van der Waals surface area contributed by atoms with Crippen molar-refractivity contribution in [1.29, 1.82) is 0 Å². The number of allylic oxidation sites excluding steroid dienone is 2. The van der Waals surface area contributed by atoms with Gasteiger partial charge in [-0.05, 0) is 13.8 Å². The van der Waals surface area contributed by atoms with Crippen molar-refractivity contribution in [3.8, 4) is 0 Å². The molecule has 0 fully saturated rings. The van der Waals surface area contributed by atoms with Gasteiger partial charge in [-0.3, -0.25) is 4.79 Å². The monoisotopic (exact) mass is 154 g/mol. The van der Waals surface area contributed by atoms with Gasteiger partial charge >= 0.3 is 5.97 Å². The van der Waals surface area contributed by atoms with E-state index in [0.29, 0.717) is 13.0 Å². The third kappa shape index (κ3) is 6.84. The summed E-state index contributed by atoms with van der Waals surface area (Å²) in [6.45, 7) is 4.14. The van der Waals surface area contributed by atoms with Crippen molar-refractivity contribution in [3.05, 3.63) is 24.3 Å². The van der Waals surface area contributed by atoms with Gasteiger partial charge in [0, 0.05) is 0 Å². The molecule has 0 radical (unpaired) electrons. The minimum absolute atomic E-state index is 0.179. The summed E-state index contributed by atoms with van der Waals surface area (Å²) in [5, 5.41) is 0. The molecule has 0 aliphatic rings. The Labute approximate surface area is 67.6 Å². The predicted octanol–water partition coefficient (Wildman–Crippen LogP) is 2.07. The molecule has 0 unspecified atom stereocenters. The van der Waals surface area contributed by atoms with Crippen molar-refractivity contribution in [2.24, 2.45) is 0 Å². The zero-order chi connectivity index (χ0) is 8.53. The lowest BCUT2D eigenvalue weighted by Crippen LogP contribution is -2.02. The third-order valence-corrected chi connectivity index (χ3v) is 1.10. The van der Waals surface area contributed by atoms with Gasteiger partial charge in [-0.15, -0.1) is 0 Å². The van der Waals surface area contributed by atoms with Crippen LogP contribution in [0.15, 0.2) is 24.3 Å². The number of ether oxygens (including phenoxy) is 1. The van der Waals surface area contributed by atoms with Crippen molar-refractivity contribution in [3.63, 3.8) is 0 Å². The summed E-state index contributed by atoms with van der Waals surface area (Å²) >= 11 is 0. The second kappa shape index (κ2) is 7.06. The van der Waals surface area contributed by atoms with Crippen LogP contribution in [-0.2, 0) is 9.53 Å². The third-order valence-electron chi connectivity index (χ3n) is 1.10. The summed E-state index contributed by atoms with van der Waals surface area (Å²) < 4.78 is 4.81. The molecule has 0 aromatic carbocycles. The van der Waals surface area contributed by atoms with Gasteiger partial charge in [0.05, 0.1) is 6.42 Å². The Hall–Kier alpha value is -1.05. The SMILES string of the molecule is C/C=C/COC(=O)C/C=C/C. The normalized spacial score (nSPS) is 11.1. The molecule has 0 aromatic heterocycles. The number of hydrogen-bond acceptors (Lipinski definition) is 2. The predicted molar refractivity (Wildman–Crippen MR) is 45.2 cm³/mol. The van der Waals surface area contributed by atoms with Gasteiger partial charge < -0.3 is 4.74 Å². The van der Waals surface area contributed by atoms with Gasteiger partial charge in [-0.2, -0.15) is 0 Å². The van der Waals surface area contributed by atoms with Crippen molar-refractivity contribution in [2.75, 3.05) is 6.61 Å². The van der Waals surface area contributed by atoms with E-state index in [2.05, 4.69) is 0 Å². The van der Waals surface area contributed by atoms with Gasteiger partial charge in [-0.1, -0.05) is 24.3 Å². The van der Waals surface area contributed by atoms with Gasteiger partial charge in [-0.25, -0.2) is 0 Å². The summed E-state index contributed by atoms with van der Waals surface area (Å²) in [6.07, 6.45) is 7.62. The number of hydrogen-bond donors (Lipinski definition) is 0. The van der Waals surface area contributed by atoms with Crippen LogP contribution in [0.25, 0.3) is 0 Å². The summed E-state index contributed by atoms with van der Waals surface area (Å²) in [5.74, 6) is -0.179. The quantitative estimate of drug-likeness (QED) is 0.457. The highest BCUT2D eigenvalue weighted by molar-refractivity contribution is 5.71. The molecule has 62 valence electrons. The van der Waals surface area contributed by atoms with Gasteiger partial charge in [0.2, 0.25) is 0 Å². The van der Waals surface area contributed by atoms with E-state index in [1.165, 1.54) is 0 Å². The second-order valence-corrected chi connectivity index (χ2v) is 2.03. The first-order valence-corrected chi connectivity index (χ1v) is 3.69. The maximum absolute atomic E-state index is 10.8. The van der Waals surface area contributed by atoms with E-state index >= 15 is 0 Å². The molecule has 0 bridgehead atoms. The molecule has 0 atom stereocenters. The average molecular weight is 154 g/mol. The highest BCUT2D eigenvalue weighted by Crippen LogP contribution is 1.88. The fourth-order valence-corrected chi connectivity index (χ4v) is 0.510. The van der Waals surface area contributed by atoms with E-state index in [1.807, 2.05) is 26.0 Å². The fraction of sp³-hybridized carbons (Fsp3) is 0.444. The van der Waals surface area contributed by atoms with Gasteiger partial charge in [0.15, 0.2) is 0 Å². The molecule has 2 heteroatoms. The standard InChI is InChI=1S/C9H14O2/c1-3-5-7-9(10)11-8-6-4-2/h3-6H,7-8H2,1-2H3/b5-3+,6-4+. The van der Waals surface area contributed by atoms with E-state index in [1.54, 1.807) is 12.2 Å². The largest absolute Gasteiger partial charge is 0.461 e. The molecular formula is C9H14O2. The smallest absolute Gasteiger partial charge is 0.309 e. The van der Waals surface area contributed by atoms with Crippen LogP contribution >= 0.6 is 0 Å². The lowest BCUT2D eigenvalue weighted by molar-refractivity contribution is -0.141. The first-order valence-electron chi connectivity index (χ1n) is 3.69. The van der Waals surface area contributed by atoms with Crippen LogP contribution in [0.3, 0.4) is 0 Å². The van der Waals surface area contributed by atoms with Crippen LogP contribution in [0.2, 0.25) is 0 Å². The Kier molecular flexibility index (Phi) is 6.39. The summed E-state index contributed by atoms with van der Waals surface area (Å²) in [4.78, 5) is 10.8. The number of carbonyl (C=O) groups excluding carboxylic acids is 1. The van der Waals surface area contributed by atoms with Gasteiger partial charge in [0.1, 0.15) is 6.61 Å². The van der Waals surface area contributed by atoms with Crippen LogP contribution in [0.1, 0.15) is 20.3 Å². The summed E-state index contributed by atoms with van der Waals surface area (Å²) in [5.41, 5.74) is 0. The first kappa shape index (κ1) is 9.95. The summed E-state index contributed by atoms with van der Waals surface area (Å²) in [6, 6.07) is 0. The molecule has 0 rings (SSSR count). The molecule has 0 heterocycles. The van der Waals surface area contributed by atoms with Gasteiger partial charge in [0.25, 0.3) is 0 Å². The number of carbonyl (C=O) groups is 1. The minimum Gasteiger partial charge on any atom is -0.461 e. The molecule has 0 saturated heterocycles. The van der Waals surface area contributed by atoms with Crippen LogP contribution in [0, 0.1) is 0 Å². The van der Waals surface area contributed by atoms with E-state index in [0.717, 1.165) is 0 Å². The molecule has 0 N–H and O–H groups in total. The van der Waals surface area contributed by atoms with E-state index < -0.39 is 0 Å². The van der Waals surface area contributed by atoms with E-state index in [4.69, 9.17) is 4.74 Å². The molecule has 0 aromatic rings. The Balaban J connectivity index is 3.37. The Bertz CT molecular complexity index is 157. The number of rotatable bonds is 4. The lowest BCUT2D eigenvalue weighted by atomic mass is 10.4. The maximum atomic E-state index is 10.8. The molecule has 0 aliphatic carbocycles. The van der Waals surface area contributed by atoms with Crippen molar-refractivity contribution < 1.29 is 9.53 Å². The van der Waals surface area contributed by atoms with Crippen LogP contribution < -0.4 is 0 Å². The highest BCUT2D eigenvalue weighted by Gasteiger charge is 1.95. The Morgan fingerprint density at radius 1 is 1.27 bits per heavy atom. The Morgan fingerprint density at radius 2 is 1.91 bits per heavy atom.